The van der Waals surface area contributed by atoms with Gasteiger partial charge in [0.2, 0.25) is 0 Å². The smallest absolute Gasteiger partial charge is 0.256 e. The van der Waals surface area contributed by atoms with E-state index < -0.39 is 0 Å². The van der Waals surface area contributed by atoms with Gasteiger partial charge in [-0.2, -0.15) is 5.10 Å². The van der Waals surface area contributed by atoms with Gasteiger partial charge in [0.25, 0.3) is 5.91 Å². The van der Waals surface area contributed by atoms with E-state index >= 15 is 0 Å². The maximum absolute atomic E-state index is 12.3. The molecule has 0 bridgehead atoms. The number of nitrogens with zero attached hydrogens (tertiary/aromatic N) is 2. The maximum atomic E-state index is 12.3. The molecule has 1 aromatic rings. The molecular formula is C13H22ClN3O2. The molecular weight excluding hydrogens is 266 g/mol. The van der Waals surface area contributed by atoms with Gasteiger partial charge in [-0.25, -0.2) is 0 Å². The Morgan fingerprint density at radius 2 is 2.11 bits per heavy atom. The van der Waals surface area contributed by atoms with Crippen molar-refractivity contribution in [1.82, 2.24) is 15.1 Å². The van der Waals surface area contributed by atoms with Gasteiger partial charge in [-0.3, -0.25) is 9.48 Å². The Labute approximate surface area is 118 Å². The highest BCUT2D eigenvalue weighted by molar-refractivity contribution is 6.33. The van der Waals surface area contributed by atoms with Crippen LogP contribution in [0.25, 0.3) is 0 Å². The van der Waals surface area contributed by atoms with Crippen molar-refractivity contribution in [2.24, 2.45) is 7.05 Å². The predicted molar refractivity (Wildman–Crippen MR) is 75.6 cm³/mol. The van der Waals surface area contributed by atoms with Crippen LogP contribution in [0.5, 0.6) is 0 Å². The number of hydrogen-bond acceptors (Lipinski definition) is 3. The Kier molecular flexibility index (Phi) is 5.82. The Bertz CT molecular complexity index is 443. The number of aryl methyl sites for hydroxylation is 1. The fourth-order valence-corrected chi connectivity index (χ4v) is 2.12. The molecule has 0 fully saturated rings. The molecule has 108 valence electrons. The van der Waals surface area contributed by atoms with Gasteiger partial charge in [0.1, 0.15) is 5.15 Å². The lowest BCUT2D eigenvalue weighted by Gasteiger charge is -2.14. The van der Waals surface area contributed by atoms with Crippen molar-refractivity contribution >= 4 is 17.5 Å². The zero-order valence-electron chi connectivity index (χ0n) is 11.9. The number of carbonyl (C=O) groups excluding carboxylic acids is 1. The van der Waals surface area contributed by atoms with Crippen molar-refractivity contribution in [1.29, 1.82) is 0 Å². The van der Waals surface area contributed by atoms with Crippen molar-refractivity contribution < 1.29 is 9.90 Å². The second-order valence-corrected chi connectivity index (χ2v) is 5.43. The van der Waals surface area contributed by atoms with Gasteiger partial charge >= 0.3 is 0 Å². The number of hydrogen-bond donors (Lipinski definition) is 2. The molecule has 0 aromatic carbocycles. The van der Waals surface area contributed by atoms with Crippen LogP contribution in [-0.4, -0.2) is 33.4 Å². The van der Waals surface area contributed by atoms with E-state index in [0.29, 0.717) is 22.8 Å². The van der Waals surface area contributed by atoms with Crippen molar-refractivity contribution in [2.45, 2.75) is 45.6 Å². The molecule has 1 heterocycles. The minimum absolute atomic E-state index is 0.00376. The largest absolute Gasteiger partial charge is 0.396 e. The molecule has 0 radical (unpaired) electrons. The Hall–Kier alpha value is -1.07. The third kappa shape index (κ3) is 3.94. The summed E-state index contributed by atoms with van der Waals surface area (Å²) in [7, 11) is 1.72. The first kappa shape index (κ1) is 16.0. The van der Waals surface area contributed by atoms with Crippen LogP contribution in [-0.2, 0) is 7.05 Å². The summed E-state index contributed by atoms with van der Waals surface area (Å²) < 4.78 is 1.52. The number of halogens is 1. The van der Waals surface area contributed by atoms with Crippen LogP contribution in [0.4, 0.5) is 0 Å². The highest BCUT2D eigenvalue weighted by Crippen LogP contribution is 2.25. The van der Waals surface area contributed by atoms with Crippen LogP contribution < -0.4 is 5.32 Å². The lowest BCUT2D eigenvalue weighted by molar-refractivity contribution is 0.0935. The molecule has 0 aliphatic rings. The minimum atomic E-state index is -0.202. The quantitative estimate of drug-likeness (QED) is 0.842. The molecule has 5 nitrogen and oxygen atoms in total. The van der Waals surface area contributed by atoms with Gasteiger partial charge in [0.05, 0.1) is 11.3 Å². The third-order valence-corrected chi connectivity index (χ3v) is 3.38. The Balaban J connectivity index is 2.87. The van der Waals surface area contributed by atoms with E-state index in [2.05, 4.69) is 10.4 Å². The number of aliphatic hydroxyl groups is 1. The average Bonchev–Trinajstić information content (AvgIpc) is 2.63. The summed E-state index contributed by atoms with van der Waals surface area (Å²) in [5.74, 6) is -0.0700. The Morgan fingerprint density at radius 1 is 1.47 bits per heavy atom. The van der Waals surface area contributed by atoms with Crippen molar-refractivity contribution in [3.63, 3.8) is 0 Å². The summed E-state index contributed by atoms with van der Waals surface area (Å²) >= 11 is 6.14. The number of rotatable bonds is 6. The molecule has 0 saturated carbocycles. The highest BCUT2D eigenvalue weighted by Gasteiger charge is 2.24. The number of nitrogens with one attached hydrogen (secondary N) is 1. The first-order valence-electron chi connectivity index (χ1n) is 6.52. The van der Waals surface area contributed by atoms with E-state index in [-0.39, 0.29) is 24.5 Å². The molecule has 19 heavy (non-hydrogen) atoms. The number of aliphatic hydroxyl groups excluding tert-OH is 1. The zero-order chi connectivity index (χ0) is 14.6. The fourth-order valence-electron chi connectivity index (χ4n) is 1.90. The molecule has 1 rings (SSSR count). The minimum Gasteiger partial charge on any atom is -0.396 e. The van der Waals surface area contributed by atoms with E-state index in [1.807, 2.05) is 20.8 Å². The lowest BCUT2D eigenvalue weighted by Crippen LogP contribution is -2.33. The van der Waals surface area contributed by atoms with E-state index in [1.54, 1.807) is 7.05 Å². The van der Waals surface area contributed by atoms with Crippen LogP contribution in [0.2, 0.25) is 5.15 Å². The topological polar surface area (TPSA) is 67.2 Å². The molecule has 0 aliphatic carbocycles. The van der Waals surface area contributed by atoms with E-state index in [1.165, 1.54) is 4.68 Å². The third-order valence-electron chi connectivity index (χ3n) is 2.95. The molecule has 2 N–H and O–H groups in total. The summed E-state index contributed by atoms with van der Waals surface area (Å²) in [6.45, 7) is 5.99. The van der Waals surface area contributed by atoms with Crippen molar-refractivity contribution in [2.75, 3.05) is 6.61 Å². The zero-order valence-corrected chi connectivity index (χ0v) is 12.7. The van der Waals surface area contributed by atoms with Gasteiger partial charge in [0, 0.05) is 19.7 Å². The summed E-state index contributed by atoms with van der Waals surface area (Å²) in [6, 6.07) is -0.00376. The molecule has 0 aliphatic heterocycles. The fraction of sp³-hybridized carbons (Fsp3) is 0.692. The molecule has 0 saturated heterocycles. The molecule has 1 aromatic heterocycles. The van der Waals surface area contributed by atoms with E-state index in [9.17, 15) is 4.79 Å². The highest BCUT2D eigenvalue weighted by atomic mass is 35.5. The SMILES string of the molecule is CC(CCCO)NC(=O)c1c(C(C)C)nn(C)c1Cl. The predicted octanol–water partition coefficient (Wildman–Crippen LogP) is 2.09. The lowest BCUT2D eigenvalue weighted by atomic mass is 10.1. The molecule has 1 amide bonds. The number of carbonyl (C=O) groups is 1. The second kappa shape index (κ2) is 6.91. The average molecular weight is 288 g/mol. The van der Waals surface area contributed by atoms with Gasteiger partial charge in [-0.05, 0) is 25.7 Å². The van der Waals surface area contributed by atoms with E-state index in [4.69, 9.17) is 16.7 Å². The van der Waals surface area contributed by atoms with Crippen molar-refractivity contribution in [3.05, 3.63) is 16.4 Å². The second-order valence-electron chi connectivity index (χ2n) is 5.07. The monoisotopic (exact) mass is 287 g/mol. The van der Waals surface area contributed by atoms with Gasteiger partial charge in [0.15, 0.2) is 0 Å². The number of amides is 1. The van der Waals surface area contributed by atoms with Gasteiger partial charge in [-0.1, -0.05) is 25.4 Å². The standard InChI is InChI=1S/C13H22ClN3O2/c1-8(2)11-10(12(14)17(4)16-11)13(19)15-9(3)6-5-7-18/h8-9,18H,5-7H2,1-4H3,(H,15,19). The molecule has 1 unspecified atom stereocenters. The van der Waals surface area contributed by atoms with E-state index in [0.717, 1.165) is 6.42 Å². The van der Waals surface area contributed by atoms with Gasteiger partial charge in [-0.15, -0.1) is 0 Å². The van der Waals surface area contributed by atoms with Gasteiger partial charge < -0.3 is 10.4 Å². The van der Waals surface area contributed by atoms with Crippen LogP contribution in [0, 0.1) is 0 Å². The van der Waals surface area contributed by atoms with Crippen LogP contribution >= 0.6 is 11.6 Å². The summed E-state index contributed by atoms with van der Waals surface area (Å²) in [5, 5.41) is 16.3. The molecule has 6 heteroatoms. The summed E-state index contributed by atoms with van der Waals surface area (Å²) in [6.07, 6.45) is 1.40. The summed E-state index contributed by atoms with van der Waals surface area (Å²) in [5.41, 5.74) is 1.16. The number of aromatic nitrogens is 2. The van der Waals surface area contributed by atoms with Crippen molar-refractivity contribution in [3.8, 4) is 0 Å². The van der Waals surface area contributed by atoms with Crippen LogP contribution in [0.1, 0.15) is 55.6 Å². The normalized spacial score (nSPS) is 12.8. The first-order valence-corrected chi connectivity index (χ1v) is 6.90. The van der Waals surface area contributed by atoms with Crippen LogP contribution in [0.3, 0.4) is 0 Å². The Morgan fingerprint density at radius 3 is 2.63 bits per heavy atom. The molecule has 1 atom stereocenters. The van der Waals surface area contributed by atoms with Crippen LogP contribution in [0.15, 0.2) is 0 Å². The first-order chi connectivity index (χ1) is 8.88. The molecule has 0 spiro atoms. The summed E-state index contributed by atoms with van der Waals surface area (Å²) in [4.78, 5) is 12.3. The maximum Gasteiger partial charge on any atom is 0.256 e.